The standard InChI is InChI=1S/C20H20N4O6/c1-11-17(22-9-29-11)19(25)21-8-14(24-20(26)18-12(2)30-10-23-18)13-3-4-15-16(7-13)28-6-5-27-15/h3-4,7,9-10,14H,5-6,8H2,1-2H3,(H,21,25)(H,24,26)/t14-/m0/s1. The number of amides is 2. The van der Waals surface area contributed by atoms with Crippen molar-refractivity contribution < 1.29 is 27.9 Å². The van der Waals surface area contributed by atoms with Crippen LogP contribution in [-0.4, -0.2) is 41.5 Å². The van der Waals surface area contributed by atoms with E-state index in [9.17, 15) is 9.59 Å². The molecule has 2 N–H and O–H groups in total. The number of oxazole rings is 2. The number of nitrogens with one attached hydrogen (secondary N) is 2. The van der Waals surface area contributed by atoms with Gasteiger partial charge in [-0.3, -0.25) is 9.59 Å². The number of hydrogen-bond donors (Lipinski definition) is 2. The monoisotopic (exact) mass is 412 g/mol. The van der Waals surface area contributed by atoms with E-state index in [4.69, 9.17) is 18.3 Å². The first-order valence-corrected chi connectivity index (χ1v) is 9.31. The summed E-state index contributed by atoms with van der Waals surface area (Å²) in [5, 5.41) is 5.66. The van der Waals surface area contributed by atoms with Gasteiger partial charge in [0.05, 0.1) is 6.04 Å². The van der Waals surface area contributed by atoms with Crippen molar-refractivity contribution >= 4 is 11.8 Å². The average molecular weight is 412 g/mol. The first-order valence-electron chi connectivity index (χ1n) is 9.31. The Hall–Kier alpha value is -3.82. The van der Waals surface area contributed by atoms with E-state index in [-0.39, 0.29) is 17.9 Å². The Morgan fingerprint density at radius 3 is 2.23 bits per heavy atom. The minimum Gasteiger partial charge on any atom is -0.486 e. The Morgan fingerprint density at radius 1 is 0.967 bits per heavy atom. The van der Waals surface area contributed by atoms with Gasteiger partial charge in [-0.25, -0.2) is 9.97 Å². The quantitative estimate of drug-likeness (QED) is 0.629. The fourth-order valence-corrected chi connectivity index (χ4v) is 3.08. The van der Waals surface area contributed by atoms with E-state index in [1.165, 1.54) is 12.8 Å². The van der Waals surface area contributed by atoms with Crippen LogP contribution in [-0.2, 0) is 0 Å². The van der Waals surface area contributed by atoms with Crippen LogP contribution < -0.4 is 20.1 Å². The number of fused-ring (bicyclic) bond motifs is 1. The zero-order valence-corrected chi connectivity index (χ0v) is 16.4. The molecule has 156 valence electrons. The third-order valence-corrected chi connectivity index (χ3v) is 4.66. The molecule has 0 radical (unpaired) electrons. The maximum atomic E-state index is 12.7. The Morgan fingerprint density at radius 2 is 1.60 bits per heavy atom. The molecule has 1 aromatic carbocycles. The summed E-state index contributed by atoms with van der Waals surface area (Å²) in [5.74, 6) is 1.18. The molecule has 0 spiro atoms. The number of aromatic nitrogens is 2. The third kappa shape index (κ3) is 3.97. The molecule has 2 amide bonds. The molecule has 4 rings (SSSR count). The number of hydrogen-bond acceptors (Lipinski definition) is 8. The summed E-state index contributed by atoms with van der Waals surface area (Å²) in [4.78, 5) is 33.0. The third-order valence-electron chi connectivity index (χ3n) is 4.66. The average Bonchev–Trinajstić information content (AvgIpc) is 3.38. The molecule has 1 aliphatic heterocycles. The summed E-state index contributed by atoms with van der Waals surface area (Å²) in [6.07, 6.45) is 2.41. The minimum absolute atomic E-state index is 0.105. The van der Waals surface area contributed by atoms with E-state index in [0.717, 1.165) is 5.56 Å². The Kier molecular flexibility index (Phi) is 5.38. The second kappa shape index (κ2) is 8.27. The molecule has 30 heavy (non-hydrogen) atoms. The second-order valence-corrected chi connectivity index (χ2v) is 6.65. The van der Waals surface area contributed by atoms with Crippen LogP contribution in [0.1, 0.15) is 44.1 Å². The van der Waals surface area contributed by atoms with Crippen LogP contribution in [0.15, 0.2) is 39.8 Å². The lowest BCUT2D eigenvalue weighted by molar-refractivity contribution is 0.0902. The van der Waals surface area contributed by atoms with Crippen molar-refractivity contribution in [2.45, 2.75) is 19.9 Å². The summed E-state index contributed by atoms with van der Waals surface area (Å²) < 4.78 is 21.4. The van der Waals surface area contributed by atoms with Crippen molar-refractivity contribution in [3.05, 3.63) is 59.5 Å². The van der Waals surface area contributed by atoms with Gasteiger partial charge in [-0.1, -0.05) is 6.07 Å². The maximum Gasteiger partial charge on any atom is 0.274 e. The van der Waals surface area contributed by atoms with Gasteiger partial charge < -0.3 is 28.9 Å². The SMILES string of the molecule is Cc1ocnc1C(=O)NC[C@H](NC(=O)c1ncoc1C)c1ccc2c(c1)OCCO2. The van der Waals surface area contributed by atoms with E-state index < -0.39 is 17.9 Å². The van der Waals surface area contributed by atoms with Crippen molar-refractivity contribution in [1.82, 2.24) is 20.6 Å². The number of ether oxygens (including phenoxy) is 2. The van der Waals surface area contributed by atoms with E-state index in [1.807, 2.05) is 6.07 Å². The van der Waals surface area contributed by atoms with Gasteiger partial charge in [0, 0.05) is 6.54 Å². The first kappa shape index (κ1) is 19.5. The van der Waals surface area contributed by atoms with Gasteiger partial charge in [-0.15, -0.1) is 0 Å². The molecule has 3 heterocycles. The van der Waals surface area contributed by atoms with E-state index >= 15 is 0 Å². The first-order chi connectivity index (χ1) is 14.5. The van der Waals surface area contributed by atoms with Gasteiger partial charge in [-0.05, 0) is 31.5 Å². The van der Waals surface area contributed by atoms with Gasteiger partial charge in [-0.2, -0.15) is 0 Å². The number of carbonyl (C=O) groups excluding carboxylic acids is 2. The second-order valence-electron chi connectivity index (χ2n) is 6.65. The molecule has 0 unspecified atom stereocenters. The van der Waals surface area contributed by atoms with Gasteiger partial charge in [0.15, 0.2) is 35.7 Å². The highest BCUT2D eigenvalue weighted by Crippen LogP contribution is 2.32. The number of nitrogens with zero attached hydrogens (tertiary/aromatic N) is 2. The van der Waals surface area contributed by atoms with Crippen molar-refractivity contribution in [2.24, 2.45) is 0 Å². The van der Waals surface area contributed by atoms with Crippen LogP contribution in [0.2, 0.25) is 0 Å². The number of rotatable bonds is 6. The number of carbonyl (C=O) groups is 2. The lowest BCUT2D eigenvalue weighted by Crippen LogP contribution is -2.38. The predicted octanol–water partition coefficient (Wildman–Crippen LogP) is 1.95. The lowest BCUT2D eigenvalue weighted by atomic mass is 10.0. The zero-order valence-electron chi connectivity index (χ0n) is 16.4. The van der Waals surface area contributed by atoms with E-state index in [1.54, 1.807) is 26.0 Å². The van der Waals surface area contributed by atoms with Crippen LogP contribution in [0.4, 0.5) is 0 Å². The molecule has 10 heteroatoms. The highest BCUT2D eigenvalue weighted by atomic mass is 16.6. The molecule has 0 saturated carbocycles. The molecule has 0 aliphatic carbocycles. The predicted molar refractivity (Wildman–Crippen MR) is 102 cm³/mol. The van der Waals surface area contributed by atoms with Gasteiger partial charge >= 0.3 is 0 Å². The summed E-state index contributed by atoms with van der Waals surface area (Å²) in [5.41, 5.74) is 1.09. The van der Waals surface area contributed by atoms with Gasteiger partial charge in [0.1, 0.15) is 24.7 Å². The summed E-state index contributed by atoms with van der Waals surface area (Å²) in [6, 6.07) is 4.79. The van der Waals surface area contributed by atoms with Crippen LogP contribution in [0.5, 0.6) is 11.5 Å². The number of aryl methyl sites for hydroxylation is 2. The largest absolute Gasteiger partial charge is 0.486 e. The van der Waals surface area contributed by atoms with Crippen molar-refractivity contribution in [3.8, 4) is 11.5 Å². The van der Waals surface area contributed by atoms with Crippen molar-refractivity contribution in [2.75, 3.05) is 19.8 Å². The van der Waals surface area contributed by atoms with E-state index in [2.05, 4.69) is 20.6 Å². The highest BCUT2D eigenvalue weighted by Gasteiger charge is 2.23. The zero-order chi connectivity index (χ0) is 21.1. The van der Waals surface area contributed by atoms with Crippen LogP contribution in [0.25, 0.3) is 0 Å². The van der Waals surface area contributed by atoms with Crippen molar-refractivity contribution in [1.29, 1.82) is 0 Å². The molecule has 1 atom stereocenters. The molecule has 10 nitrogen and oxygen atoms in total. The Labute approximate surface area is 171 Å². The van der Waals surface area contributed by atoms with Gasteiger partial charge in [0.2, 0.25) is 0 Å². The molecule has 3 aromatic rings. The molecule has 1 aliphatic rings. The molecule has 0 fully saturated rings. The molecular weight excluding hydrogens is 392 g/mol. The molecule has 2 aromatic heterocycles. The molecule has 0 bridgehead atoms. The molecular formula is C20H20N4O6. The van der Waals surface area contributed by atoms with Crippen LogP contribution >= 0.6 is 0 Å². The lowest BCUT2D eigenvalue weighted by Gasteiger charge is -2.23. The Balaban J connectivity index is 1.56. The minimum atomic E-state index is -0.569. The molecule has 0 saturated heterocycles. The highest BCUT2D eigenvalue weighted by molar-refractivity contribution is 5.94. The fraction of sp³-hybridized carbons (Fsp3) is 0.300. The van der Waals surface area contributed by atoms with Crippen LogP contribution in [0, 0.1) is 13.8 Å². The maximum absolute atomic E-state index is 12.7. The van der Waals surface area contributed by atoms with Crippen molar-refractivity contribution in [3.63, 3.8) is 0 Å². The van der Waals surface area contributed by atoms with Crippen LogP contribution in [0.3, 0.4) is 0 Å². The van der Waals surface area contributed by atoms with Gasteiger partial charge in [0.25, 0.3) is 11.8 Å². The van der Waals surface area contributed by atoms with E-state index in [0.29, 0.717) is 36.2 Å². The fourth-order valence-electron chi connectivity index (χ4n) is 3.08. The summed E-state index contributed by atoms with van der Waals surface area (Å²) >= 11 is 0. The summed E-state index contributed by atoms with van der Waals surface area (Å²) in [7, 11) is 0. The summed E-state index contributed by atoms with van der Waals surface area (Å²) in [6.45, 7) is 4.32. The smallest absolute Gasteiger partial charge is 0.274 e. The number of benzene rings is 1. The normalized spacial score (nSPS) is 13.5. The Bertz CT molecular complexity index is 1070. The topological polar surface area (TPSA) is 129 Å².